The zero-order valence-corrected chi connectivity index (χ0v) is 12.3. The number of hydrogen-bond donors (Lipinski definition) is 1. The fraction of sp³-hybridized carbons (Fsp3) is 0.538. The van der Waals surface area contributed by atoms with Crippen molar-refractivity contribution in [2.45, 2.75) is 32.7 Å². The molecule has 0 aliphatic heterocycles. The van der Waals surface area contributed by atoms with Crippen LogP contribution in [0, 0.1) is 11.6 Å². The van der Waals surface area contributed by atoms with Gasteiger partial charge in [-0.15, -0.1) is 0 Å². The molecular formula is C13H20F2O3Si. The maximum Gasteiger partial charge on any atom is 0.498 e. The van der Waals surface area contributed by atoms with Gasteiger partial charge in [0, 0.05) is 19.3 Å². The lowest BCUT2D eigenvalue weighted by Crippen LogP contribution is -2.42. The number of aryl methyl sites for hydroxylation is 1. The molecule has 0 atom stereocenters. The van der Waals surface area contributed by atoms with Gasteiger partial charge in [-0.1, -0.05) is 6.07 Å². The quantitative estimate of drug-likeness (QED) is 0.748. The van der Waals surface area contributed by atoms with Crippen molar-refractivity contribution in [3.63, 3.8) is 0 Å². The van der Waals surface area contributed by atoms with Crippen molar-refractivity contribution in [2.24, 2.45) is 0 Å². The average molecular weight is 290 g/mol. The summed E-state index contributed by atoms with van der Waals surface area (Å²) >= 11 is 0. The fourth-order valence-corrected chi connectivity index (χ4v) is 3.75. The molecule has 19 heavy (non-hydrogen) atoms. The Hall–Kier alpha value is -0.823. The molecule has 108 valence electrons. The molecule has 1 rings (SSSR count). The van der Waals surface area contributed by atoms with Crippen LogP contribution in [-0.4, -0.2) is 26.8 Å². The smallest absolute Gasteiger partial charge is 0.390 e. The van der Waals surface area contributed by atoms with Gasteiger partial charge in [0.1, 0.15) is 0 Å². The van der Waals surface area contributed by atoms with Gasteiger partial charge in [-0.3, -0.25) is 0 Å². The van der Waals surface area contributed by atoms with E-state index < -0.39 is 20.4 Å². The van der Waals surface area contributed by atoms with Crippen LogP contribution in [0.4, 0.5) is 8.78 Å². The number of hydrogen-bond acceptors (Lipinski definition) is 3. The van der Waals surface area contributed by atoms with Gasteiger partial charge in [-0.25, -0.2) is 8.78 Å². The fourth-order valence-electron chi connectivity index (χ4n) is 1.85. The Morgan fingerprint density at radius 2 is 1.74 bits per heavy atom. The van der Waals surface area contributed by atoms with Crippen molar-refractivity contribution in [1.29, 1.82) is 0 Å². The molecule has 1 N–H and O–H groups in total. The van der Waals surface area contributed by atoms with E-state index in [1.54, 1.807) is 19.9 Å². The van der Waals surface area contributed by atoms with Crippen molar-refractivity contribution in [3.8, 4) is 0 Å². The van der Waals surface area contributed by atoms with Crippen LogP contribution in [0.15, 0.2) is 18.2 Å². The Balaban J connectivity index is 2.49. The van der Waals surface area contributed by atoms with Gasteiger partial charge in [0.15, 0.2) is 11.6 Å². The first kappa shape index (κ1) is 16.2. The minimum absolute atomic E-state index is 0.397. The Labute approximate surface area is 113 Å². The molecule has 0 aliphatic rings. The van der Waals surface area contributed by atoms with Crippen molar-refractivity contribution in [1.82, 2.24) is 0 Å². The topological polar surface area (TPSA) is 38.7 Å². The number of rotatable bonds is 8. The summed E-state index contributed by atoms with van der Waals surface area (Å²) in [6.45, 7) is 4.39. The minimum Gasteiger partial charge on any atom is -0.390 e. The monoisotopic (exact) mass is 290 g/mol. The Kier molecular flexibility index (Phi) is 6.57. The van der Waals surface area contributed by atoms with E-state index in [4.69, 9.17) is 8.85 Å². The molecule has 0 saturated heterocycles. The summed E-state index contributed by atoms with van der Waals surface area (Å²) in [6, 6.07) is 4.24. The van der Waals surface area contributed by atoms with Crippen LogP contribution in [0.1, 0.15) is 25.8 Å². The summed E-state index contributed by atoms with van der Waals surface area (Å²) < 4.78 is 36.4. The van der Waals surface area contributed by atoms with Crippen LogP contribution in [0.5, 0.6) is 0 Å². The van der Waals surface area contributed by atoms with Gasteiger partial charge >= 0.3 is 8.80 Å². The molecule has 0 spiro atoms. The van der Waals surface area contributed by atoms with Gasteiger partial charge in [-0.2, -0.15) is 0 Å². The zero-order chi connectivity index (χ0) is 14.3. The molecule has 3 nitrogen and oxygen atoms in total. The predicted molar refractivity (Wildman–Crippen MR) is 70.7 cm³/mol. The summed E-state index contributed by atoms with van der Waals surface area (Å²) in [7, 11) is -3.10. The summed E-state index contributed by atoms with van der Waals surface area (Å²) in [5.74, 6) is -1.70. The predicted octanol–water partition coefficient (Wildman–Crippen LogP) is 2.90. The van der Waals surface area contributed by atoms with Crippen LogP contribution in [0.25, 0.3) is 0 Å². The third-order valence-corrected chi connectivity index (χ3v) is 5.15. The van der Waals surface area contributed by atoms with Crippen molar-refractivity contribution in [3.05, 3.63) is 35.4 Å². The number of benzene rings is 1. The highest BCUT2D eigenvalue weighted by atomic mass is 28.4. The molecule has 0 saturated carbocycles. The van der Waals surface area contributed by atoms with E-state index in [2.05, 4.69) is 0 Å². The van der Waals surface area contributed by atoms with Gasteiger partial charge in [0.2, 0.25) is 0 Å². The van der Waals surface area contributed by atoms with E-state index in [9.17, 15) is 13.6 Å². The van der Waals surface area contributed by atoms with Crippen molar-refractivity contribution < 1.29 is 22.4 Å². The van der Waals surface area contributed by atoms with Crippen LogP contribution in [-0.2, 0) is 15.3 Å². The SMILES string of the molecule is CCO[Si](O)(CCCc1ccc(F)c(F)c1)OCC. The molecule has 1 aromatic carbocycles. The van der Waals surface area contributed by atoms with Crippen LogP contribution in [0.3, 0.4) is 0 Å². The highest BCUT2D eigenvalue weighted by Gasteiger charge is 2.35. The second-order valence-electron chi connectivity index (χ2n) is 4.18. The highest BCUT2D eigenvalue weighted by molar-refractivity contribution is 6.59. The summed E-state index contributed by atoms with van der Waals surface area (Å²) in [6.07, 6.45) is 1.15. The van der Waals surface area contributed by atoms with E-state index in [1.165, 1.54) is 6.07 Å². The average Bonchev–Trinajstić information content (AvgIpc) is 2.34. The molecule has 0 bridgehead atoms. The van der Waals surface area contributed by atoms with Crippen LogP contribution in [0.2, 0.25) is 6.04 Å². The van der Waals surface area contributed by atoms with Crippen molar-refractivity contribution >= 4 is 8.80 Å². The largest absolute Gasteiger partial charge is 0.498 e. The van der Waals surface area contributed by atoms with Crippen molar-refractivity contribution in [2.75, 3.05) is 13.2 Å². The lowest BCUT2D eigenvalue weighted by Gasteiger charge is -2.22. The van der Waals surface area contributed by atoms with E-state index in [0.717, 1.165) is 6.07 Å². The summed E-state index contributed by atoms with van der Waals surface area (Å²) in [5.41, 5.74) is 0.697. The molecule has 0 fully saturated rings. The van der Waals surface area contributed by atoms with Gasteiger partial charge in [-0.05, 0) is 44.4 Å². The summed E-state index contributed by atoms with van der Waals surface area (Å²) in [4.78, 5) is 10.1. The van der Waals surface area contributed by atoms with E-state index in [-0.39, 0.29) is 0 Å². The zero-order valence-electron chi connectivity index (χ0n) is 11.3. The van der Waals surface area contributed by atoms with Gasteiger partial charge < -0.3 is 13.6 Å². The molecule has 1 aromatic rings. The standard InChI is InChI=1S/C13H20F2O3Si/c1-3-17-19(16,18-4-2)9-5-6-11-7-8-12(14)13(15)10-11/h7-8,10,16H,3-6,9H2,1-2H3. The second-order valence-corrected chi connectivity index (χ2v) is 6.68. The molecule has 0 heterocycles. The Morgan fingerprint density at radius 3 is 2.26 bits per heavy atom. The lowest BCUT2D eigenvalue weighted by molar-refractivity contribution is 0.108. The molecule has 0 unspecified atom stereocenters. The summed E-state index contributed by atoms with van der Waals surface area (Å²) in [5, 5.41) is 0. The van der Waals surface area contributed by atoms with Gasteiger partial charge in [0.05, 0.1) is 0 Å². The number of halogens is 2. The Bertz CT molecular complexity index is 395. The molecule has 6 heteroatoms. The molecule has 0 aromatic heterocycles. The first-order valence-electron chi connectivity index (χ1n) is 6.45. The highest BCUT2D eigenvalue weighted by Crippen LogP contribution is 2.17. The van der Waals surface area contributed by atoms with E-state index >= 15 is 0 Å². The molecule has 0 aliphatic carbocycles. The lowest BCUT2D eigenvalue weighted by atomic mass is 10.1. The van der Waals surface area contributed by atoms with Gasteiger partial charge in [0.25, 0.3) is 0 Å². The Morgan fingerprint density at radius 1 is 1.11 bits per heavy atom. The second kappa shape index (κ2) is 7.69. The van der Waals surface area contributed by atoms with Crippen LogP contribution >= 0.6 is 0 Å². The minimum atomic E-state index is -3.10. The molecular weight excluding hydrogens is 270 g/mol. The molecule has 0 radical (unpaired) electrons. The maximum absolute atomic E-state index is 13.0. The van der Waals surface area contributed by atoms with E-state index in [1.807, 2.05) is 0 Å². The maximum atomic E-state index is 13.0. The first-order chi connectivity index (χ1) is 9.00. The van der Waals surface area contributed by atoms with E-state index in [0.29, 0.717) is 37.7 Å². The van der Waals surface area contributed by atoms with Crippen LogP contribution < -0.4 is 0 Å². The third kappa shape index (κ3) is 5.36. The molecule has 0 amide bonds. The first-order valence-corrected chi connectivity index (χ1v) is 8.42. The third-order valence-electron chi connectivity index (χ3n) is 2.68. The normalized spacial score (nSPS) is 11.8.